The van der Waals surface area contributed by atoms with Crippen molar-refractivity contribution in [1.29, 1.82) is 0 Å². The first-order chi connectivity index (χ1) is 8.97. The van der Waals surface area contributed by atoms with Crippen LogP contribution < -0.4 is 0 Å². The van der Waals surface area contributed by atoms with E-state index in [4.69, 9.17) is 0 Å². The zero-order valence-corrected chi connectivity index (χ0v) is 11.3. The van der Waals surface area contributed by atoms with Gasteiger partial charge >= 0.3 is 0 Å². The predicted octanol–water partition coefficient (Wildman–Crippen LogP) is 2.72. The Labute approximate surface area is 112 Å². The van der Waals surface area contributed by atoms with Gasteiger partial charge in [0.15, 0.2) is 0 Å². The van der Waals surface area contributed by atoms with Crippen LogP contribution in [0.15, 0.2) is 18.2 Å². The average Bonchev–Trinajstić information content (AvgIpc) is 2.37. The summed E-state index contributed by atoms with van der Waals surface area (Å²) in [5.41, 5.74) is 1.10. The first kappa shape index (κ1) is 13.7. The molecular weight excluding hydrogens is 245 g/mol. The largest absolute Gasteiger partial charge is 0.339 e. The van der Waals surface area contributed by atoms with Crippen molar-refractivity contribution in [2.24, 2.45) is 0 Å². The summed E-state index contributed by atoms with van der Waals surface area (Å²) in [6.07, 6.45) is 2.47. The molecule has 0 saturated heterocycles. The van der Waals surface area contributed by atoms with Crippen molar-refractivity contribution in [1.82, 2.24) is 4.90 Å². The second-order valence-electron chi connectivity index (χ2n) is 5.20. The van der Waals surface area contributed by atoms with Crippen LogP contribution in [-0.2, 0) is 4.79 Å². The van der Waals surface area contributed by atoms with E-state index < -0.39 is 5.82 Å². The molecule has 1 aliphatic carbocycles. The van der Waals surface area contributed by atoms with E-state index in [1.165, 1.54) is 12.1 Å². The van der Waals surface area contributed by atoms with Crippen molar-refractivity contribution in [2.45, 2.75) is 38.6 Å². The van der Waals surface area contributed by atoms with Crippen LogP contribution in [0.1, 0.15) is 41.6 Å². The van der Waals surface area contributed by atoms with Crippen molar-refractivity contribution in [3.63, 3.8) is 0 Å². The van der Waals surface area contributed by atoms with E-state index in [9.17, 15) is 14.0 Å². The topological polar surface area (TPSA) is 37.4 Å². The molecule has 1 aromatic rings. The molecule has 19 heavy (non-hydrogen) atoms. The second kappa shape index (κ2) is 5.51. The summed E-state index contributed by atoms with van der Waals surface area (Å²) < 4.78 is 13.3. The molecule has 0 radical (unpaired) electrons. The quantitative estimate of drug-likeness (QED) is 0.822. The van der Waals surface area contributed by atoms with E-state index in [-0.39, 0.29) is 17.7 Å². The highest BCUT2D eigenvalue weighted by molar-refractivity contribution is 5.94. The molecule has 0 atom stereocenters. The van der Waals surface area contributed by atoms with Crippen molar-refractivity contribution >= 4 is 11.7 Å². The zero-order chi connectivity index (χ0) is 14.0. The first-order valence-electron chi connectivity index (χ1n) is 6.53. The highest BCUT2D eigenvalue weighted by atomic mass is 19.1. The number of Topliss-reactive ketones (excluding diaryl/α,β-unsaturated/α-hetero) is 1. The van der Waals surface area contributed by atoms with Gasteiger partial charge in [-0.05, 0) is 43.5 Å². The normalized spacial score (nSPS) is 16.5. The Kier molecular flexibility index (Phi) is 3.98. The highest BCUT2D eigenvalue weighted by Gasteiger charge is 2.26. The van der Waals surface area contributed by atoms with Gasteiger partial charge in [0.05, 0.1) is 0 Å². The Morgan fingerprint density at radius 1 is 1.26 bits per heavy atom. The number of benzene rings is 1. The predicted molar refractivity (Wildman–Crippen MR) is 70.5 cm³/mol. The molecule has 0 N–H and O–H groups in total. The molecule has 1 amide bonds. The summed E-state index contributed by atoms with van der Waals surface area (Å²) in [6.45, 7) is 1.76. The third kappa shape index (κ3) is 3.19. The summed E-state index contributed by atoms with van der Waals surface area (Å²) >= 11 is 0. The molecule has 0 bridgehead atoms. The molecule has 0 unspecified atom stereocenters. The number of hydrogen-bond donors (Lipinski definition) is 0. The zero-order valence-electron chi connectivity index (χ0n) is 11.3. The van der Waals surface area contributed by atoms with Gasteiger partial charge in [0, 0.05) is 31.5 Å². The van der Waals surface area contributed by atoms with Crippen molar-refractivity contribution in [2.75, 3.05) is 7.05 Å². The van der Waals surface area contributed by atoms with Crippen LogP contribution in [0, 0.1) is 12.7 Å². The molecule has 0 spiro atoms. The molecule has 1 aromatic carbocycles. The molecule has 1 aliphatic rings. The van der Waals surface area contributed by atoms with E-state index in [1.54, 1.807) is 24.9 Å². The summed E-state index contributed by atoms with van der Waals surface area (Å²) in [6, 6.07) is 4.43. The molecule has 1 fully saturated rings. The SMILES string of the molecule is Cc1cc(F)cc(C(=O)N(C)C2CCC(=O)CC2)c1. The monoisotopic (exact) mass is 263 g/mol. The van der Waals surface area contributed by atoms with E-state index in [0.29, 0.717) is 31.2 Å². The maximum absolute atomic E-state index is 13.3. The van der Waals surface area contributed by atoms with E-state index in [0.717, 1.165) is 5.56 Å². The molecule has 0 heterocycles. The maximum atomic E-state index is 13.3. The molecule has 2 rings (SSSR count). The van der Waals surface area contributed by atoms with Gasteiger partial charge in [-0.15, -0.1) is 0 Å². The number of rotatable bonds is 2. The Balaban J connectivity index is 2.12. The molecule has 3 nitrogen and oxygen atoms in total. The summed E-state index contributed by atoms with van der Waals surface area (Å²) in [7, 11) is 1.73. The van der Waals surface area contributed by atoms with Gasteiger partial charge in [-0.1, -0.05) is 0 Å². The van der Waals surface area contributed by atoms with Crippen molar-refractivity contribution in [3.8, 4) is 0 Å². The lowest BCUT2D eigenvalue weighted by Gasteiger charge is -2.30. The first-order valence-corrected chi connectivity index (χ1v) is 6.53. The van der Waals surface area contributed by atoms with Crippen LogP contribution in [0.5, 0.6) is 0 Å². The molecule has 0 aromatic heterocycles. The Morgan fingerprint density at radius 2 is 1.89 bits per heavy atom. The number of carbonyl (C=O) groups is 2. The maximum Gasteiger partial charge on any atom is 0.253 e. The van der Waals surface area contributed by atoms with Gasteiger partial charge in [-0.2, -0.15) is 0 Å². The minimum atomic E-state index is -0.393. The smallest absolute Gasteiger partial charge is 0.253 e. The van der Waals surface area contributed by atoms with Gasteiger partial charge in [-0.25, -0.2) is 4.39 Å². The minimum absolute atomic E-state index is 0.0776. The van der Waals surface area contributed by atoms with Crippen LogP contribution >= 0.6 is 0 Å². The number of nitrogens with zero attached hydrogens (tertiary/aromatic N) is 1. The summed E-state index contributed by atoms with van der Waals surface area (Å²) in [5.74, 6) is -0.309. The number of hydrogen-bond acceptors (Lipinski definition) is 2. The van der Waals surface area contributed by atoms with Gasteiger partial charge in [0.25, 0.3) is 5.91 Å². The van der Waals surface area contributed by atoms with Crippen LogP contribution in [-0.4, -0.2) is 29.7 Å². The van der Waals surface area contributed by atoms with Crippen LogP contribution in [0.3, 0.4) is 0 Å². The van der Waals surface area contributed by atoms with Crippen LogP contribution in [0.25, 0.3) is 0 Å². The lowest BCUT2D eigenvalue weighted by molar-refractivity contribution is -0.121. The van der Waals surface area contributed by atoms with Gasteiger partial charge < -0.3 is 4.90 Å². The minimum Gasteiger partial charge on any atom is -0.339 e. The van der Waals surface area contributed by atoms with Crippen molar-refractivity contribution < 1.29 is 14.0 Å². The van der Waals surface area contributed by atoms with Gasteiger partial charge in [-0.3, -0.25) is 9.59 Å². The number of amides is 1. The Bertz CT molecular complexity index is 483. The number of carbonyl (C=O) groups excluding carboxylic acids is 2. The molecule has 1 saturated carbocycles. The van der Waals surface area contributed by atoms with Gasteiger partial charge in [0.2, 0.25) is 0 Å². The van der Waals surface area contributed by atoms with Crippen molar-refractivity contribution in [3.05, 3.63) is 35.1 Å². The summed E-state index contributed by atoms with van der Waals surface area (Å²) in [4.78, 5) is 25.2. The fourth-order valence-electron chi connectivity index (χ4n) is 2.54. The number of ketones is 1. The average molecular weight is 263 g/mol. The number of halogens is 1. The van der Waals surface area contributed by atoms with E-state index in [1.807, 2.05) is 0 Å². The Morgan fingerprint density at radius 3 is 2.47 bits per heavy atom. The van der Waals surface area contributed by atoms with Gasteiger partial charge in [0.1, 0.15) is 11.6 Å². The van der Waals surface area contributed by atoms with Crippen LogP contribution in [0.4, 0.5) is 4.39 Å². The van der Waals surface area contributed by atoms with Crippen LogP contribution in [0.2, 0.25) is 0 Å². The van der Waals surface area contributed by atoms with E-state index in [2.05, 4.69) is 0 Å². The fraction of sp³-hybridized carbons (Fsp3) is 0.467. The molecule has 0 aliphatic heterocycles. The van der Waals surface area contributed by atoms with E-state index >= 15 is 0 Å². The second-order valence-corrected chi connectivity index (χ2v) is 5.20. The fourth-order valence-corrected chi connectivity index (χ4v) is 2.54. The summed E-state index contributed by atoms with van der Waals surface area (Å²) in [5, 5.41) is 0. The third-order valence-corrected chi connectivity index (χ3v) is 3.67. The number of aryl methyl sites for hydroxylation is 1. The highest BCUT2D eigenvalue weighted by Crippen LogP contribution is 2.21. The lowest BCUT2D eigenvalue weighted by atomic mass is 9.93. The standard InChI is InChI=1S/C15H18FNO2/c1-10-7-11(9-12(16)8-10)15(19)17(2)13-3-5-14(18)6-4-13/h7-9,13H,3-6H2,1-2H3. The third-order valence-electron chi connectivity index (χ3n) is 3.67. The molecule has 4 heteroatoms. The molecule has 102 valence electrons. The molecular formula is C15H18FNO2. The Hall–Kier alpha value is -1.71. The lowest BCUT2D eigenvalue weighted by Crippen LogP contribution is -2.39.